The van der Waals surface area contributed by atoms with Crippen LogP contribution >= 0.6 is 0 Å². The minimum atomic E-state index is -4.09. The SMILES string of the molecule is COc1ccc(C(=O)O[C@H](C)C(=O)c2ccccc2)cc1S(N)(=O)=O. The minimum absolute atomic E-state index is 0.00691. The lowest BCUT2D eigenvalue weighted by molar-refractivity contribution is 0.0318. The van der Waals surface area contributed by atoms with Crippen molar-refractivity contribution in [2.24, 2.45) is 5.14 Å². The van der Waals surface area contributed by atoms with Crippen molar-refractivity contribution in [2.45, 2.75) is 17.9 Å². The smallest absolute Gasteiger partial charge is 0.338 e. The Balaban J connectivity index is 2.22. The highest BCUT2D eigenvalue weighted by molar-refractivity contribution is 7.89. The normalized spacial score (nSPS) is 12.3. The molecule has 25 heavy (non-hydrogen) atoms. The molecule has 2 aromatic rings. The van der Waals surface area contributed by atoms with Gasteiger partial charge in [-0.2, -0.15) is 0 Å². The van der Waals surface area contributed by atoms with Gasteiger partial charge in [0.15, 0.2) is 6.10 Å². The van der Waals surface area contributed by atoms with Crippen LogP contribution in [0.15, 0.2) is 53.4 Å². The van der Waals surface area contributed by atoms with Gasteiger partial charge in [0.25, 0.3) is 0 Å². The predicted octanol–water partition coefficient (Wildman–Crippen LogP) is 1.77. The maximum Gasteiger partial charge on any atom is 0.338 e. The summed E-state index contributed by atoms with van der Waals surface area (Å²) in [7, 11) is -2.81. The number of nitrogens with two attached hydrogens (primary N) is 1. The van der Waals surface area contributed by atoms with Crippen LogP contribution < -0.4 is 9.88 Å². The molecule has 0 saturated heterocycles. The van der Waals surface area contributed by atoms with Gasteiger partial charge in [-0.3, -0.25) is 4.79 Å². The van der Waals surface area contributed by atoms with Crippen LogP contribution in [0.1, 0.15) is 27.6 Å². The fourth-order valence-electron chi connectivity index (χ4n) is 2.15. The highest BCUT2D eigenvalue weighted by Gasteiger charge is 2.23. The third kappa shape index (κ3) is 4.43. The van der Waals surface area contributed by atoms with Crippen LogP contribution in [-0.2, 0) is 14.8 Å². The lowest BCUT2D eigenvalue weighted by Gasteiger charge is -2.13. The van der Waals surface area contributed by atoms with E-state index in [2.05, 4.69) is 0 Å². The van der Waals surface area contributed by atoms with E-state index in [4.69, 9.17) is 14.6 Å². The number of methoxy groups -OCH3 is 1. The Labute approximate surface area is 145 Å². The lowest BCUT2D eigenvalue weighted by atomic mass is 10.1. The second-order valence-electron chi connectivity index (χ2n) is 5.19. The quantitative estimate of drug-likeness (QED) is 0.618. The van der Waals surface area contributed by atoms with Crippen molar-refractivity contribution in [1.29, 1.82) is 0 Å². The molecule has 0 unspecified atom stereocenters. The summed E-state index contributed by atoms with van der Waals surface area (Å²) in [6.07, 6.45) is -1.03. The molecule has 1 atom stereocenters. The van der Waals surface area contributed by atoms with Crippen LogP contribution in [0.2, 0.25) is 0 Å². The summed E-state index contributed by atoms with van der Waals surface area (Å²) < 4.78 is 33.2. The molecule has 0 aromatic heterocycles. The number of esters is 1. The summed E-state index contributed by atoms with van der Waals surface area (Å²) in [6.45, 7) is 1.44. The van der Waals surface area contributed by atoms with Gasteiger partial charge < -0.3 is 9.47 Å². The molecule has 0 fully saturated rings. The number of carbonyl (C=O) groups excluding carboxylic acids is 2. The van der Waals surface area contributed by atoms with Gasteiger partial charge in [-0.05, 0) is 25.1 Å². The summed E-state index contributed by atoms with van der Waals surface area (Å²) in [5, 5.41) is 5.11. The number of carbonyl (C=O) groups is 2. The molecule has 0 heterocycles. The molecule has 2 N–H and O–H groups in total. The number of Topliss-reactive ketones (excluding diaryl/α,β-unsaturated/α-hetero) is 1. The molecular formula is C17H17NO6S. The monoisotopic (exact) mass is 363 g/mol. The molecule has 0 aliphatic heterocycles. The number of rotatable bonds is 6. The maximum atomic E-state index is 12.2. The van der Waals surface area contributed by atoms with Crippen LogP contribution in [0, 0.1) is 0 Å². The van der Waals surface area contributed by atoms with E-state index in [0.29, 0.717) is 5.56 Å². The van der Waals surface area contributed by atoms with Gasteiger partial charge in [0.2, 0.25) is 15.8 Å². The topological polar surface area (TPSA) is 113 Å². The number of hydrogen-bond donors (Lipinski definition) is 1. The van der Waals surface area contributed by atoms with Gasteiger partial charge in [0.1, 0.15) is 10.6 Å². The van der Waals surface area contributed by atoms with E-state index in [9.17, 15) is 18.0 Å². The number of ether oxygens (including phenoxy) is 2. The van der Waals surface area contributed by atoms with E-state index < -0.39 is 22.1 Å². The van der Waals surface area contributed by atoms with Gasteiger partial charge in [-0.25, -0.2) is 18.4 Å². The average molecular weight is 363 g/mol. The molecule has 2 rings (SSSR count). The van der Waals surface area contributed by atoms with Crippen LogP contribution in [0.5, 0.6) is 5.75 Å². The summed E-state index contributed by atoms with van der Waals surface area (Å²) in [5.41, 5.74) is 0.347. The van der Waals surface area contributed by atoms with Crippen molar-refractivity contribution in [3.05, 3.63) is 59.7 Å². The van der Waals surface area contributed by atoms with Crippen LogP contribution in [0.25, 0.3) is 0 Å². The Morgan fingerprint density at radius 3 is 2.24 bits per heavy atom. The fourth-order valence-corrected chi connectivity index (χ4v) is 2.87. The highest BCUT2D eigenvalue weighted by atomic mass is 32.2. The molecule has 0 bridgehead atoms. The third-order valence-corrected chi connectivity index (χ3v) is 4.35. The van der Waals surface area contributed by atoms with Gasteiger partial charge in [0.05, 0.1) is 12.7 Å². The molecule has 8 heteroatoms. The fraction of sp³-hybridized carbons (Fsp3) is 0.176. The number of hydrogen-bond acceptors (Lipinski definition) is 6. The number of benzene rings is 2. The average Bonchev–Trinajstić information content (AvgIpc) is 2.60. The van der Waals surface area contributed by atoms with Gasteiger partial charge in [-0.1, -0.05) is 30.3 Å². The van der Waals surface area contributed by atoms with Crippen molar-refractivity contribution in [3.8, 4) is 5.75 Å². The molecule has 132 valence electrons. The molecule has 0 saturated carbocycles. The number of primary sulfonamides is 1. The zero-order valence-electron chi connectivity index (χ0n) is 13.6. The van der Waals surface area contributed by atoms with Gasteiger partial charge in [0, 0.05) is 5.56 Å². The Morgan fingerprint density at radius 2 is 1.68 bits per heavy atom. The van der Waals surface area contributed by atoms with Crippen molar-refractivity contribution in [2.75, 3.05) is 7.11 Å². The van der Waals surface area contributed by atoms with Gasteiger partial charge >= 0.3 is 5.97 Å². The van der Waals surface area contributed by atoms with Gasteiger partial charge in [-0.15, -0.1) is 0 Å². The number of sulfonamides is 1. The molecule has 0 spiro atoms. The molecular weight excluding hydrogens is 346 g/mol. The summed E-state index contributed by atoms with van der Waals surface area (Å²) >= 11 is 0. The van der Waals surface area contributed by atoms with E-state index >= 15 is 0 Å². The molecule has 0 radical (unpaired) electrons. The van der Waals surface area contributed by atoms with E-state index in [1.807, 2.05) is 0 Å². The Hall–Kier alpha value is -2.71. The first-order valence-corrected chi connectivity index (χ1v) is 8.79. The second-order valence-corrected chi connectivity index (χ2v) is 6.72. The molecule has 0 aliphatic rings. The molecule has 0 amide bonds. The zero-order chi connectivity index (χ0) is 18.6. The van der Waals surface area contributed by atoms with E-state index in [1.165, 1.54) is 26.2 Å². The maximum absolute atomic E-state index is 12.2. The van der Waals surface area contributed by atoms with Crippen molar-refractivity contribution in [1.82, 2.24) is 0 Å². The third-order valence-electron chi connectivity index (χ3n) is 3.42. The predicted molar refractivity (Wildman–Crippen MR) is 90.0 cm³/mol. The van der Waals surface area contributed by atoms with Crippen LogP contribution in [0.4, 0.5) is 0 Å². The summed E-state index contributed by atoms with van der Waals surface area (Å²) in [4.78, 5) is 24.1. The van der Waals surface area contributed by atoms with Crippen molar-refractivity contribution < 1.29 is 27.5 Å². The van der Waals surface area contributed by atoms with Crippen molar-refractivity contribution in [3.63, 3.8) is 0 Å². The summed E-state index contributed by atoms with van der Waals surface area (Å²) in [5.74, 6) is -1.20. The Morgan fingerprint density at radius 1 is 1.04 bits per heavy atom. The number of ketones is 1. The molecule has 2 aromatic carbocycles. The summed E-state index contributed by atoms with van der Waals surface area (Å²) in [6, 6.07) is 12.1. The Kier molecular flexibility index (Phi) is 5.55. The largest absolute Gasteiger partial charge is 0.495 e. The van der Waals surface area contributed by atoms with Crippen molar-refractivity contribution >= 4 is 21.8 Å². The lowest BCUT2D eigenvalue weighted by Crippen LogP contribution is -2.24. The second kappa shape index (κ2) is 7.45. The first-order chi connectivity index (χ1) is 11.7. The van der Waals surface area contributed by atoms with Crippen LogP contribution in [-0.4, -0.2) is 33.4 Å². The molecule has 7 nitrogen and oxygen atoms in total. The van der Waals surface area contributed by atoms with E-state index in [1.54, 1.807) is 30.3 Å². The van der Waals surface area contributed by atoms with E-state index in [-0.39, 0.29) is 22.0 Å². The first-order valence-electron chi connectivity index (χ1n) is 7.25. The standard InChI is InChI=1S/C17H17NO6S/c1-11(16(19)12-6-4-3-5-7-12)24-17(20)13-8-9-14(23-2)15(10-13)25(18,21)22/h3-11H,1-2H3,(H2,18,21,22)/t11-/m1/s1. The highest BCUT2D eigenvalue weighted by Crippen LogP contribution is 2.24. The minimum Gasteiger partial charge on any atom is -0.495 e. The Bertz CT molecular complexity index is 893. The zero-order valence-corrected chi connectivity index (χ0v) is 14.4. The molecule has 0 aliphatic carbocycles. The first kappa shape index (κ1) is 18.6. The van der Waals surface area contributed by atoms with Crippen LogP contribution in [0.3, 0.4) is 0 Å². The van der Waals surface area contributed by atoms with E-state index in [0.717, 1.165) is 6.07 Å².